The molecule has 4 bridgehead atoms. The molecular weight excluding hydrogens is 800 g/mol. The zero-order valence-electron chi connectivity index (χ0n) is 35.8. The first-order valence-electron chi connectivity index (χ1n) is 21.0. The van der Waals surface area contributed by atoms with Crippen LogP contribution in [-0.4, -0.2) is 8.07 Å². The first kappa shape index (κ1) is 39.0. The van der Waals surface area contributed by atoms with Crippen molar-refractivity contribution in [2.24, 2.45) is 0 Å². The molecule has 2 aliphatic carbocycles. The van der Waals surface area contributed by atoms with Gasteiger partial charge in [0.2, 0.25) is 0 Å². The molecule has 0 aromatic heterocycles. The first-order valence-corrected chi connectivity index (χ1v) is 27.8. The Bertz CT molecular complexity index is 2460. The van der Waals surface area contributed by atoms with Crippen molar-refractivity contribution < 1.29 is 26.8 Å². The van der Waals surface area contributed by atoms with Crippen LogP contribution in [0.15, 0.2) is 157 Å². The van der Waals surface area contributed by atoms with Crippen LogP contribution in [0, 0.1) is 13.8 Å². The van der Waals surface area contributed by atoms with E-state index in [-0.39, 0.29) is 18.1 Å². The summed E-state index contributed by atoms with van der Waals surface area (Å²) in [6.07, 6.45) is 0. The van der Waals surface area contributed by atoms with Gasteiger partial charge in [-0.25, -0.2) is 0 Å². The molecule has 6 aromatic rings. The number of aryl methyl sites for hydroxylation is 2. The predicted molar refractivity (Wildman–Crippen MR) is 242 cm³/mol. The van der Waals surface area contributed by atoms with Crippen LogP contribution in [0.5, 0.6) is 11.5 Å². The topological polar surface area (TPSA) is 18.5 Å². The number of hydrogen-bond donors (Lipinski definition) is 0. The molecule has 0 N–H and O–H groups in total. The van der Waals surface area contributed by atoms with Crippen molar-refractivity contribution in [1.29, 1.82) is 0 Å². The molecule has 2 atom stereocenters. The Hall–Kier alpha value is -4.50. The average Bonchev–Trinajstić information content (AvgIpc) is 3.68. The summed E-state index contributed by atoms with van der Waals surface area (Å²) in [7, 11) is -2.98. The molecule has 1 aliphatic heterocycles. The van der Waals surface area contributed by atoms with Gasteiger partial charge in [0.15, 0.2) is 0 Å². The summed E-state index contributed by atoms with van der Waals surface area (Å²) in [4.78, 5) is 0. The fraction of sp³-hybridized carbons (Fsp3) is 0.259. The van der Waals surface area contributed by atoms with E-state index in [4.69, 9.17) is 5.63 Å². The van der Waals surface area contributed by atoms with E-state index in [1.165, 1.54) is 76.4 Å². The Balaban J connectivity index is 1.49. The molecule has 0 spiro atoms. The summed E-state index contributed by atoms with van der Waals surface area (Å²) in [5.41, 5.74) is 12.9. The van der Waals surface area contributed by atoms with Crippen molar-refractivity contribution in [2.75, 3.05) is 0 Å². The molecule has 58 heavy (non-hydrogen) atoms. The molecule has 1 heterocycles. The molecule has 4 heteroatoms. The molecule has 2 nitrogen and oxygen atoms in total. The molecule has 0 saturated heterocycles. The van der Waals surface area contributed by atoms with E-state index in [2.05, 4.69) is 215 Å². The van der Waals surface area contributed by atoms with Gasteiger partial charge in [0.25, 0.3) is 0 Å². The first-order chi connectivity index (χ1) is 27.7. The minimum absolute atomic E-state index is 0.0318. The van der Waals surface area contributed by atoms with Crippen molar-refractivity contribution in [1.82, 2.24) is 0 Å². The molecule has 0 saturated carbocycles. The summed E-state index contributed by atoms with van der Waals surface area (Å²) in [6.45, 7) is 23.2. The van der Waals surface area contributed by atoms with Gasteiger partial charge in [-0.15, -0.1) is 0 Å². The van der Waals surface area contributed by atoms with Crippen molar-refractivity contribution >= 4 is 28.8 Å². The van der Waals surface area contributed by atoms with E-state index < -0.39 is 29.2 Å². The second-order valence-electron chi connectivity index (χ2n) is 19.1. The Morgan fingerprint density at radius 2 is 0.810 bits per heavy atom. The average molecular weight is 856 g/mol. The number of rotatable bonds is 6. The zero-order valence-corrected chi connectivity index (χ0v) is 39.3. The molecular formula is C54H56O2SiZr. The summed E-state index contributed by atoms with van der Waals surface area (Å²) < 4.78 is 16.6. The second-order valence-corrected chi connectivity index (χ2v) is 30.1. The zero-order chi connectivity index (χ0) is 40.8. The van der Waals surface area contributed by atoms with Crippen molar-refractivity contribution in [2.45, 2.75) is 87.3 Å². The van der Waals surface area contributed by atoms with Crippen LogP contribution >= 0.6 is 0 Å². The molecule has 0 amide bonds. The third kappa shape index (κ3) is 5.88. The van der Waals surface area contributed by atoms with Gasteiger partial charge < -0.3 is 0 Å². The summed E-state index contributed by atoms with van der Waals surface area (Å²) in [5, 5.41) is 5.84. The van der Waals surface area contributed by atoms with Crippen molar-refractivity contribution in [3.63, 3.8) is 0 Å². The van der Waals surface area contributed by atoms with Gasteiger partial charge >= 0.3 is 356 Å². The summed E-state index contributed by atoms with van der Waals surface area (Å²) >= 11 is -4.92. The molecule has 6 aromatic carbocycles. The SMILES string of the molecule is CC1=C2c3ccccc3[CH]1[Zr]([O]c1ccc(C)cc1C(C)(C)C)([O]c1ccc(C)cc1C(C)(C)C)[CH]1C(C)=C(c3ccccc31)[Si]2(c1ccccc1)c1ccccc1. The number of allylic oxidation sites excluding steroid dienone is 2. The molecule has 2 unspecified atom stereocenters. The van der Waals surface area contributed by atoms with Crippen LogP contribution in [0.3, 0.4) is 0 Å². The molecule has 9 rings (SSSR count). The monoisotopic (exact) mass is 854 g/mol. The number of hydrogen-bond acceptors (Lipinski definition) is 2. The van der Waals surface area contributed by atoms with E-state index in [0.717, 1.165) is 11.5 Å². The Kier molecular flexibility index (Phi) is 9.45. The molecule has 292 valence electrons. The van der Waals surface area contributed by atoms with Gasteiger partial charge in [-0.1, -0.05) is 0 Å². The maximum absolute atomic E-state index is 8.32. The van der Waals surface area contributed by atoms with Gasteiger partial charge in [0.05, 0.1) is 0 Å². The summed E-state index contributed by atoms with van der Waals surface area (Å²) in [5.74, 6) is 1.93. The summed E-state index contributed by atoms with van der Waals surface area (Å²) in [6, 6.07) is 55.3. The van der Waals surface area contributed by atoms with E-state index >= 15 is 0 Å². The van der Waals surface area contributed by atoms with Gasteiger partial charge in [0, 0.05) is 0 Å². The third-order valence-electron chi connectivity index (χ3n) is 13.1. The fourth-order valence-corrected chi connectivity index (χ4v) is 29.1. The van der Waals surface area contributed by atoms with Gasteiger partial charge in [-0.3, -0.25) is 0 Å². The van der Waals surface area contributed by atoms with Crippen LogP contribution in [0.1, 0.15) is 107 Å². The maximum atomic E-state index is 8.32. The molecule has 0 fully saturated rings. The third-order valence-corrected chi connectivity index (χ3v) is 28.6. The second kappa shape index (κ2) is 14.1. The van der Waals surface area contributed by atoms with E-state index in [0.29, 0.717) is 0 Å². The minimum atomic E-state index is -4.92. The van der Waals surface area contributed by atoms with Crippen LogP contribution < -0.4 is 16.0 Å². The van der Waals surface area contributed by atoms with Gasteiger partial charge in [-0.2, -0.15) is 0 Å². The Labute approximate surface area is 353 Å². The van der Waals surface area contributed by atoms with Crippen LogP contribution in [0.4, 0.5) is 0 Å². The predicted octanol–water partition coefficient (Wildman–Crippen LogP) is 12.8. The van der Waals surface area contributed by atoms with E-state index in [9.17, 15) is 0 Å². The Morgan fingerprint density at radius 1 is 0.448 bits per heavy atom. The van der Waals surface area contributed by atoms with E-state index in [1.54, 1.807) is 0 Å². The standard InChI is InChI=1S/C32H26Si.2C11H16O.Zr/c1-23-21-25-13-9-11-19-29(25)31(23)33(27-15-5-3-6-16-27,28-17-7-4-8-18-28)32-24(2)22-26-14-10-12-20-30(26)32;2*1-8-5-6-10(12)9(7-8)11(2,3)4;/h3-22H,1-2H3;2*5-7,12H,1-4H3;/q;;;+2/p-2. The Morgan fingerprint density at radius 3 is 1.19 bits per heavy atom. The number of benzene rings is 6. The molecule has 0 radical (unpaired) electrons. The fourth-order valence-electron chi connectivity index (χ4n) is 10.8. The van der Waals surface area contributed by atoms with Gasteiger partial charge in [0.1, 0.15) is 0 Å². The quantitative estimate of drug-likeness (QED) is 0.155. The van der Waals surface area contributed by atoms with Gasteiger partial charge in [-0.05, 0) is 0 Å². The van der Waals surface area contributed by atoms with Crippen molar-refractivity contribution in [3.05, 3.63) is 201 Å². The van der Waals surface area contributed by atoms with Crippen LogP contribution in [-0.2, 0) is 32.0 Å². The van der Waals surface area contributed by atoms with Crippen LogP contribution in [0.25, 0.3) is 10.4 Å². The molecule has 3 aliphatic rings. The normalized spacial score (nSPS) is 19.0. The van der Waals surface area contributed by atoms with Crippen LogP contribution in [0.2, 0.25) is 0 Å². The van der Waals surface area contributed by atoms with E-state index in [1.807, 2.05) is 0 Å². The van der Waals surface area contributed by atoms with Crippen molar-refractivity contribution in [3.8, 4) is 11.5 Å².